The summed E-state index contributed by atoms with van der Waals surface area (Å²) in [6.45, 7) is 4.39. The minimum atomic E-state index is -0.641. The molecule has 0 aliphatic carbocycles. The van der Waals surface area contributed by atoms with E-state index in [1.807, 2.05) is 49.4 Å². The second kappa shape index (κ2) is 7.09. The van der Waals surface area contributed by atoms with Gasteiger partial charge in [0.2, 0.25) is 0 Å². The molecule has 7 heteroatoms. The molecule has 0 fully saturated rings. The second-order valence-corrected chi connectivity index (χ2v) is 8.25. The van der Waals surface area contributed by atoms with E-state index >= 15 is 0 Å². The maximum Gasteiger partial charge on any atom is 0.298 e. The van der Waals surface area contributed by atoms with E-state index in [0.29, 0.717) is 17.1 Å². The number of nitrogens with zero attached hydrogens (tertiary/aromatic N) is 2. The average Bonchev–Trinajstić information content (AvgIpc) is 3.17. The Morgan fingerprint density at radius 3 is 2.90 bits per heavy atom. The van der Waals surface area contributed by atoms with Gasteiger partial charge in [0.05, 0.1) is 15.8 Å². The van der Waals surface area contributed by atoms with Crippen molar-refractivity contribution in [2.75, 3.05) is 18.4 Å². The molecule has 2 aromatic carbocycles. The number of aromatic nitrogens is 2. The fourth-order valence-corrected chi connectivity index (χ4v) is 4.99. The first-order valence-corrected chi connectivity index (χ1v) is 10.5. The Kier molecular flexibility index (Phi) is 4.41. The molecule has 1 aliphatic heterocycles. The average molecular weight is 407 g/mol. The van der Waals surface area contributed by atoms with Gasteiger partial charge in [-0.25, -0.2) is 4.98 Å². The van der Waals surface area contributed by atoms with Crippen LogP contribution in [0.4, 0.5) is 5.13 Å². The number of nitrogens with one attached hydrogen (secondary N) is 2. The first kappa shape index (κ1) is 18.0. The molecule has 0 atom stereocenters. The van der Waals surface area contributed by atoms with Crippen molar-refractivity contribution in [3.05, 3.63) is 59.3 Å². The molecule has 0 saturated heterocycles. The van der Waals surface area contributed by atoms with Gasteiger partial charge in [0, 0.05) is 44.1 Å². The van der Waals surface area contributed by atoms with Crippen LogP contribution >= 0.6 is 11.3 Å². The Bertz CT molecular complexity index is 1280. The smallest absolute Gasteiger partial charge is 0.298 e. The highest BCUT2D eigenvalue weighted by molar-refractivity contribution is 7.22. The summed E-state index contributed by atoms with van der Waals surface area (Å²) in [5.74, 6) is -1.15. The van der Waals surface area contributed by atoms with Crippen LogP contribution < -0.4 is 10.6 Å². The molecule has 29 heavy (non-hydrogen) atoms. The molecule has 2 N–H and O–H groups in total. The molecule has 1 aliphatic rings. The van der Waals surface area contributed by atoms with Crippen molar-refractivity contribution < 1.29 is 11.0 Å². The zero-order chi connectivity index (χ0) is 20.0. The van der Waals surface area contributed by atoms with Gasteiger partial charge < -0.3 is 9.88 Å². The fraction of sp³-hybridized carbons (Fsp3) is 0.227. The third-order valence-electron chi connectivity index (χ3n) is 5.40. The predicted molar refractivity (Wildman–Crippen MR) is 118 cm³/mol. The van der Waals surface area contributed by atoms with E-state index in [0.717, 1.165) is 52.0 Å². The van der Waals surface area contributed by atoms with Gasteiger partial charge in [-0.3, -0.25) is 14.9 Å². The lowest BCUT2D eigenvalue weighted by Crippen LogP contribution is -2.24. The molecule has 2 aromatic heterocycles. The van der Waals surface area contributed by atoms with E-state index in [2.05, 4.69) is 20.2 Å². The Morgan fingerprint density at radius 2 is 2.03 bits per heavy atom. The van der Waals surface area contributed by atoms with E-state index in [-0.39, 0.29) is 1.43 Å². The van der Waals surface area contributed by atoms with Gasteiger partial charge in [-0.05, 0) is 24.6 Å². The Morgan fingerprint density at radius 1 is 1.17 bits per heavy atom. The van der Waals surface area contributed by atoms with Crippen LogP contribution in [0.25, 0.3) is 21.1 Å². The van der Waals surface area contributed by atoms with Crippen molar-refractivity contribution in [1.82, 2.24) is 14.9 Å². The number of carbonyl (C=O) groups is 2. The van der Waals surface area contributed by atoms with Crippen molar-refractivity contribution in [2.45, 2.75) is 19.9 Å². The van der Waals surface area contributed by atoms with E-state index in [9.17, 15) is 9.59 Å². The molecule has 5 rings (SSSR count). The third-order valence-corrected chi connectivity index (χ3v) is 6.34. The zero-order valence-corrected chi connectivity index (χ0v) is 16.8. The van der Waals surface area contributed by atoms with E-state index in [1.165, 1.54) is 11.3 Å². The highest BCUT2D eigenvalue weighted by atomic mass is 32.1. The number of hydrogen-bond donors (Lipinski definition) is 2. The SMILES string of the molecule is Cc1cccc2sc(NC(=O)C(=O)c3c4n(c5ccccc35)CCNCC4)nc12.[HH]. The number of amides is 1. The van der Waals surface area contributed by atoms with Crippen molar-refractivity contribution in [1.29, 1.82) is 0 Å². The fourth-order valence-electron chi connectivity index (χ4n) is 4.05. The number of para-hydroxylation sites is 2. The molecule has 0 bridgehead atoms. The Balaban J connectivity index is 0.00000218. The summed E-state index contributed by atoms with van der Waals surface area (Å²) in [4.78, 5) is 30.6. The van der Waals surface area contributed by atoms with Gasteiger partial charge >= 0.3 is 0 Å². The molecule has 0 radical (unpaired) electrons. The minimum absolute atomic E-state index is 0. The lowest BCUT2D eigenvalue weighted by Gasteiger charge is -2.06. The van der Waals surface area contributed by atoms with Crippen LogP contribution in [-0.4, -0.2) is 34.3 Å². The standard InChI is InChI=1S/C22H20N4O2S.H2/c1-13-5-4-8-17-19(13)24-22(29-17)25-21(28)20(27)18-14-6-2-3-7-15(14)26-12-11-23-10-9-16(18)26;/h2-8,23H,9-12H2,1H3,(H,24,25,28);1H. The molecular formula is C22H22N4O2S. The summed E-state index contributed by atoms with van der Waals surface area (Å²) >= 11 is 1.38. The molecule has 6 nitrogen and oxygen atoms in total. The number of benzene rings is 2. The molecule has 0 unspecified atom stereocenters. The number of anilines is 1. The highest BCUT2D eigenvalue weighted by Crippen LogP contribution is 2.30. The molecule has 0 saturated carbocycles. The van der Waals surface area contributed by atoms with Gasteiger partial charge in [0.1, 0.15) is 0 Å². The first-order chi connectivity index (χ1) is 14.1. The number of thiazole rings is 1. The van der Waals surface area contributed by atoms with Crippen LogP contribution in [0.2, 0.25) is 0 Å². The number of carbonyl (C=O) groups excluding carboxylic acids is 2. The summed E-state index contributed by atoms with van der Waals surface area (Å²) in [5.41, 5.74) is 4.34. The summed E-state index contributed by atoms with van der Waals surface area (Å²) in [7, 11) is 0. The van der Waals surface area contributed by atoms with Crippen LogP contribution in [-0.2, 0) is 17.8 Å². The summed E-state index contributed by atoms with van der Waals surface area (Å²) in [6, 6.07) is 13.7. The molecular weight excluding hydrogens is 384 g/mol. The zero-order valence-electron chi connectivity index (χ0n) is 16.0. The Hall–Kier alpha value is -3.03. The number of fused-ring (bicyclic) bond motifs is 4. The normalized spacial score (nSPS) is 14.0. The number of rotatable bonds is 3. The lowest BCUT2D eigenvalue weighted by atomic mass is 10.0. The number of aryl methyl sites for hydroxylation is 1. The summed E-state index contributed by atoms with van der Waals surface area (Å²) < 4.78 is 3.15. The summed E-state index contributed by atoms with van der Waals surface area (Å²) in [5, 5.41) is 7.37. The molecule has 1 amide bonds. The van der Waals surface area contributed by atoms with Crippen LogP contribution in [0.1, 0.15) is 23.0 Å². The van der Waals surface area contributed by atoms with Gasteiger partial charge in [0.15, 0.2) is 5.13 Å². The molecule has 0 spiro atoms. The first-order valence-electron chi connectivity index (χ1n) is 9.66. The quantitative estimate of drug-likeness (QED) is 0.401. The van der Waals surface area contributed by atoms with Crippen molar-refractivity contribution in [2.24, 2.45) is 0 Å². The van der Waals surface area contributed by atoms with Crippen LogP contribution in [0, 0.1) is 6.92 Å². The second-order valence-electron chi connectivity index (χ2n) is 7.21. The topological polar surface area (TPSA) is 76.0 Å². The number of Topliss-reactive ketones (excluding diaryl/α,β-unsaturated/α-hetero) is 1. The van der Waals surface area contributed by atoms with Crippen LogP contribution in [0.3, 0.4) is 0 Å². The lowest BCUT2D eigenvalue weighted by molar-refractivity contribution is -0.112. The van der Waals surface area contributed by atoms with Gasteiger partial charge in [-0.2, -0.15) is 0 Å². The minimum Gasteiger partial charge on any atom is -0.343 e. The van der Waals surface area contributed by atoms with Crippen molar-refractivity contribution >= 4 is 49.3 Å². The van der Waals surface area contributed by atoms with E-state index in [1.54, 1.807) is 0 Å². The maximum atomic E-state index is 13.2. The van der Waals surface area contributed by atoms with Gasteiger partial charge in [-0.1, -0.05) is 41.7 Å². The maximum absolute atomic E-state index is 13.2. The molecule has 3 heterocycles. The van der Waals surface area contributed by atoms with Crippen LogP contribution in [0.5, 0.6) is 0 Å². The highest BCUT2D eigenvalue weighted by Gasteiger charge is 2.28. The number of hydrogen-bond acceptors (Lipinski definition) is 5. The van der Waals surface area contributed by atoms with E-state index < -0.39 is 11.7 Å². The number of ketones is 1. The van der Waals surface area contributed by atoms with Gasteiger partial charge in [-0.15, -0.1) is 0 Å². The predicted octanol–water partition coefficient (Wildman–Crippen LogP) is 3.77. The molecule has 4 aromatic rings. The van der Waals surface area contributed by atoms with Crippen molar-refractivity contribution in [3.8, 4) is 0 Å². The van der Waals surface area contributed by atoms with Crippen molar-refractivity contribution in [3.63, 3.8) is 0 Å². The van der Waals surface area contributed by atoms with E-state index in [4.69, 9.17) is 0 Å². The molecule has 148 valence electrons. The van der Waals surface area contributed by atoms with Crippen LogP contribution in [0.15, 0.2) is 42.5 Å². The monoisotopic (exact) mass is 406 g/mol. The Labute approximate surface area is 173 Å². The van der Waals surface area contributed by atoms with Gasteiger partial charge in [0.25, 0.3) is 11.7 Å². The third kappa shape index (κ3) is 3.03. The summed E-state index contributed by atoms with van der Waals surface area (Å²) in [6.07, 6.45) is 0.712. The largest absolute Gasteiger partial charge is 0.343 e.